The van der Waals surface area contributed by atoms with E-state index in [0.717, 1.165) is 42.5 Å². The molecule has 0 spiro atoms. The van der Waals surface area contributed by atoms with E-state index < -0.39 is 0 Å². The molecule has 2 rings (SSSR count). The highest BCUT2D eigenvalue weighted by molar-refractivity contribution is 6.33. The van der Waals surface area contributed by atoms with Crippen LogP contribution < -0.4 is 10.6 Å². The molecule has 1 fully saturated rings. The lowest BCUT2D eigenvalue weighted by Crippen LogP contribution is -2.48. The molecule has 0 aromatic heterocycles. The second-order valence-corrected chi connectivity index (χ2v) is 4.85. The van der Waals surface area contributed by atoms with E-state index in [9.17, 15) is 4.79 Å². The van der Waals surface area contributed by atoms with Crippen molar-refractivity contribution in [1.29, 1.82) is 0 Å². The summed E-state index contributed by atoms with van der Waals surface area (Å²) in [6, 6.07) is 5.80. The van der Waals surface area contributed by atoms with Crippen molar-refractivity contribution in [2.45, 2.75) is 13.5 Å². The molecule has 18 heavy (non-hydrogen) atoms. The lowest BCUT2D eigenvalue weighted by molar-refractivity contribution is -0.129. The first kappa shape index (κ1) is 13.2. The van der Waals surface area contributed by atoms with Gasteiger partial charge in [-0.1, -0.05) is 23.7 Å². The van der Waals surface area contributed by atoms with E-state index >= 15 is 0 Å². The van der Waals surface area contributed by atoms with Crippen LogP contribution in [0.5, 0.6) is 0 Å². The van der Waals surface area contributed by atoms with Crippen LogP contribution >= 0.6 is 11.6 Å². The number of anilines is 1. The fourth-order valence-electron chi connectivity index (χ4n) is 2.32. The Morgan fingerprint density at radius 1 is 1.33 bits per heavy atom. The monoisotopic (exact) mass is 267 g/mol. The smallest absolute Gasteiger partial charge is 0.219 e. The van der Waals surface area contributed by atoms with Crippen LogP contribution in [0.1, 0.15) is 12.5 Å². The van der Waals surface area contributed by atoms with E-state index in [0.29, 0.717) is 6.54 Å². The van der Waals surface area contributed by atoms with Gasteiger partial charge in [0.1, 0.15) is 0 Å². The normalized spacial score (nSPS) is 15.9. The number of nitrogens with zero attached hydrogens (tertiary/aromatic N) is 2. The molecule has 0 saturated carbocycles. The molecular weight excluding hydrogens is 250 g/mol. The van der Waals surface area contributed by atoms with Crippen molar-refractivity contribution in [2.24, 2.45) is 5.73 Å². The topological polar surface area (TPSA) is 49.6 Å². The summed E-state index contributed by atoms with van der Waals surface area (Å²) in [6.45, 7) is 5.17. The van der Waals surface area contributed by atoms with Gasteiger partial charge >= 0.3 is 0 Å². The minimum Gasteiger partial charge on any atom is -0.367 e. The Morgan fingerprint density at radius 2 is 2.00 bits per heavy atom. The standard InChI is InChI=1S/C13H18ClN3O/c1-10(18)16-5-7-17(8-6-16)13-11(9-15)3-2-4-12(13)14/h2-4H,5-9,15H2,1H3. The maximum Gasteiger partial charge on any atom is 0.219 e. The maximum absolute atomic E-state index is 11.3. The Morgan fingerprint density at radius 3 is 2.56 bits per heavy atom. The Kier molecular flexibility index (Phi) is 4.09. The average Bonchev–Trinajstić information content (AvgIpc) is 2.38. The summed E-state index contributed by atoms with van der Waals surface area (Å²) in [5.41, 5.74) is 7.82. The molecule has 4 nitrogen and oxygen atoms in total. The number of amides is 1. The lowest BCUT2D eigenvalue weighted by atomic mass is 10.1. The van der Waals surface area contributed by atoms with E-state index in [1.165, 1.54) is 0 Å². The van der Waals surface area contributed by atoms with Gasteiger partial charge in [0.15, 0.2) is 0 Å². The van der Waals surface area contributed by atoms with Crippen LogP contribution in [0.3, 0.4) is 0 Å². The van der Waals surface area contributed by atoms with Crippen LogP contribution in [0, 0.1) is 0 Å². The molecular formula is C13H18ClN3O. The van der Waals surface area contributed by atoms with Gasteiger partial charge in [0.05, 0.1) is 10.7 Å². The van der Waals surface area contributed by atoms with Crippen molar-refractivity contribution in [1.82, 2.24) is 4.90 Å². The molecule has 1 amide bonds. The highest BCUT2D eigenvalue weighted by atomic mass is 35.5. The van der Waals surface area contributed by atoms with E-state index in [1.807, 2.05) is 23.1 Å². The van der Waals surface area contributed by atoms with Gasteiger partial charge in [-0.2, -0.15) is 0 Å². The van der Waals surface area contributed by atoms with Gasteiger partial charge < -0.3 is 15.5 Å². The van der Waals surface area contributed by atoms with Gasteiger partial charge in [-0.25, -0.2) is 0 Å². The molecule has 1 saturated heterocycles. The van der Waals surface area contributed by atoms with E-state index in [-0.39, 0.29) is 5.91 Å². The van der Waals surface area contributed by atoms with Crippen molar-refractivity contribution in [3.63, 3.8) is 0 Å². The van der Waals surface area contributed by atoms with Gasteiger partial charge in [-0.15, -0.1) is 0 Å². The molecule has 0 atom stereocenters. The van der Waals surface area contributed by atoms with Gasteiger partial charge in [-0.05, 0) is 11.6 Å². The molecule has 0 aliphatic carbocycles. The van der Waals surface area contributed by atoms with Crippen LogP contribution in [-0.4, -0.2) is 37.0 Å². The molecule has 5 heteroatoms. The number of hydrogen-bond donors (Lipinski definition) is 1. The molecule has 1 aromatic carbocycles. The largest absolute Gasteiger partial charge is 0.367 e. The summed E-state index contributed by atoms with van der Waals surface area (Å²) in [6.07, 6.45) is 0. The third-order valence-electron chi connectivity index (χ3n) is 3.33. The quantitative estimate of drug-likeness (QED) is 0.883. The van der Waals surface area contributed by atoms with Gasteiger partial charge in [0.25, 0.3) is 0 Å². The first-order valence-corrected chi connectivity index (χ1v) is 6.49. The fourth-order valence-corrected chi connectivity index (χ4v) is 2.64. The number of benzene rings is 1. The van der Waals surface area contributed by atoms with E-state index in [4.69, 9.17) is 17.3 Å². The molecule has 0 bridgehead atoms. The number of hydrogen-bond acceptors (Lipinski definition) is 3. The van der Waals surface area contributed by atoms with Crippen LogP contribution in [0.2, 0.25) is 5.02 Å². The molecule has 2 N–H and O–H groups in total. The molecule has 1 aliphatic rings. The fraction of sp³-hybridized carbons (Fsp3) is 0.462. The van der Waals surface area contributed by atoms with Crippen molar-refractivity contribution < 1.29 is 4.79 Å². The van der Waals surface area contributed by atoms with Crippen molar-refractivity contribution in [2.75, 3.05) is 31.1 Å². The summed E-state index contributed by atoms with van der Waals surface area (Å²) >= 11 is 6.26. The van der Waals surface area contributed by atoms with Gasteiger partial charge in [-0.3, -0.25) is 4.79 Å². The van der Waals surface area contributed by atoms with E-state index in [1.54, 1.807) is 6.92 Å². The summed E-state index contributed by atoms with van der Waals surface area (Å²) < 4.78 is 0. The van der Waals surface area contributed by atoms with Crippen LogP contribution in [0.25, 0.3) is 0 Å². The number of halogens is 1. The van der Waals surface area contributed by atoms with Gasteiger partial charge in [0.2, 0.25) is 5.91 Å². The Hall–Kier alpha value is -1.26. The number of piperazine rings is 1. The first-order valence-electron chi connectivity index (χ1n) is 6.11. The minimum absolute atomic E-state index is 0.132. The average molecular weight is 268 g/mol. The van der Waals surface area contributed by atoms with Crippen LogP contribution in [0.15, 0.2) is 18.2 Å². The zero-order chi connectivity index (χ0) is 13.1. The Bertz CT molecular complexity index is 442. The van der Waals surface area contributed by atoms with Crippen LogP contribution in [-0.2, 0) is 11.3 Å². The minimum atomic E-state index is 0.132. The maximum atomic E-state index is 11.3. The predicted molar refractivity (Wildman–Crippen MR) is 73.8 cm³/mol. The number of carbonyl (C=O) groups excluding carboxylic acids is 1. The zero-order valence-electron chi connectivity index (χ0n) is 10.5. The first-order chi connectivity index (χ1) is 8.63. The highest BCUT2D eigenvalue weighted by Crippen LogP contribution is 2.30. The molecule has 1 aromatic rings. The number of para-hydroxylation sites is 1. The third-order valence-corrected chi connectivity index (χ3v) is 3.64. The van der Waals surface area contributed by atoms with Crippen LogP contribution in [0.4, 0.5) is 5.69 Å². The summed E-state index contributed by atoms with van der Waals surface area (Å²) in [4.78, 5) is 15.4. The van der Waals surface area contributed by atoms with E-state index in [2.05, 4.69) is 4.90 Å². The summed E-state index contributed by atoms with van der Waals surface area (Å²) in [5.74, 6) is 0.132. The van der Waals surface area contributed by atoms with Gasteiger partial charge in [0, 0.05) is 39.6 Å². The predicted octanol–water partition coefficient (Wildman–Crippen LogP) is 1.47. The second-order valence-electron chi connectivity index (χ2n) is 4.44. The van der Waals surface area contributed by atoms with Crippen molar-refractivity contribution in [3.8, 4) is 0 Å². The molecule has 98 valence electrons. The highest BCUT2D eigenvalue weighted by Gasteiger charge is 2.21. The molecule has 1 aliphatic heterocycles. The van der Waals surface area contributed by atoms with Crippen molar-refractivity contribution >= 4 is 23.2 Å². The van der Waals surface area contributed by atoms with Crippen molar-refractivity contribution in [3.05, 3.63) is 28.8 Å². The number of rotatable bonds is 2. The Labute approximate surface area is 112 Å². The summed E-state index contributed by atoms with van der Waals surface area (Å²) in [5, 5.41) is 0.731. The second kappa shape index (κ2) is 5.59. The number of nitrogens with two attached hydrogens (primary N) is 1. The third kappa shape index (κ3) is 2.60. The molecule has 0 radical (unpaired) electrons. The summed E-state index contributed by atoms with van der Waals surface area (Å²) in [7, 11) is 0. The number of carbonyl (C=O) groups is 1. The zero-order valence-corrected chi connectivity index (χ0v) is 11.3. The molecule has 1 heterocycles. The SMILES string of the molecule is CC(=O)N1CCN(c2c(Cl)cccc2CN)CC1. The Balaban J connectivity index is 2.17. The molecule has 0 unspecified atom stereocenters. The lowest BCUT2D eigenvalue weighted by Gasteiger charge is -2.37.